The van der Waals surface area contributed by atoms with Crippen molar-refractivity contribution in [3.63, 3.8) is 0 Å². The number of fused-ring (bicyclic) bond motifs is 2. The molecule has 0 aliphatic carbocycles. The van der Waals surface area contributed by atoms with Gasteiger partial charge in [0.05, 0.1) is 18.1 Å². The van der Waals surface area contributed by atoms with Crippen LogP contribution in [0, 0.1) is 0 Å². The predicted molar refractivity (Wildman–Crippen MR) is 113 cm³/mol. The Morgan fingerprint density at radius 1 is 1.20 bits per heavy atom. The van der Waals surface area contributed by atoms with E-state index in [0.717, 1.165) is 35.1 Å². The number of carbonyl (C=O) groups is 1. The SMILES string of the molecule is CSc1nc(N2CCCC2)c2cnn(CCNC(=O)c3ccc4c(c3)OCO4)c2n1. The Balaban J connectivity index is 1.31. The van der Waals surface area contributed by atoms with Gasteiger partial charge in [-0.25, -0.2) is 14.6 Å². The van der Waals surface area contributed by atoms with Gasteiger partial charge in [-0.15, -0.1) is 0 Å². The van der Waals surface area contributed by atoms with Gasteiger partial charge in [-0.05, 0) is 37.3 Å². The van der Waals surface area contributed by atoms with E-state index in [0.29, 0.717) is 30.2 Å². The molecule has 0 radical (unpaired) electrons. The summed E-state index contributed by atoms with van der Waals surface area (Å²) in [5, 5.41) is 9.13. The van der Waals surface area contributed by atoms with Gasteiger partial charge >= 0.3 is 0 Å². The van der Waals surface area contributed by atoms with Crippen molar-refractivity contribution in [1.29, 1.82) is 0 Å². The minimum absolute atomic E-state index is 0.165. The first kappa shape index (κ1) is 19.0. The van der Waals surface area contributed by atoms with Gasteiger partial charge in [0.15, 0.2) is 22.3 Å². The number of carbonyl (C=O) groups excluding carboxylic acids is 1. The topological polar surface area (TPSA) is 94.4 Å². The molecule has 5 rings (SSSR count). The average molecular weight is 427 g/mol. The lowest BCUT2D eigenvalue weighted by atomic mass is 10.2. The van der Waals surface area contributed by atoms with Crippen LogP contribution in [0.25, 0.3) is 11.0 Å². The van der Waals surface area contributed by atoms with Crippen molar-refractivity contribution in [2.24, 2.45) is 0 Å². The van der Waals surface area contributed by atoms with E-state index in [1.807, 2.05) is 17.1 Å². The molecule has 30 heavy (non-hydrogen) atoms. The van der Waals surface area contributed by atoms with Gasteiger partial charge in [0.1, 0.15) is 5.82 Å². The zero-order chi connectivity index (χ0) is 20.5. The first-order valence-corrected chi connectivity index (χ1v) is 11.2. The molecular formula is C20H22N6O3S. The Morgan fingerprint density at radius 2 is 2.03 bits per heavy atom. The van der Waals surface area contributed by atoms with E-state index in [2.05, 4.69) is 20.3 Å². The van der Waals surface area contributed by atoms with Gasteiger partial charge < -0.3 is 19.7 Å². The van der Waals surface area contributed by atoms with Gasteiger partial charge in [0, 0.05) is 25.2 Å². The molecule has 9 nitrogen and oxygen atoms in total. The van der Waals surface area contributed by atoms with Crippen LogP contribution >= 0.6 is 11.8 Å². The maximum Gasteiger partial charge on any atom is 0.251 e. The quantitative estimate of drug-likeness (QED) is 0.474. The molecule has 2 aromatic heterocycles. The summed E-state index contributed by atoms with van der Waals surface area (Å²) in [5.41, 5.74) is 1.33. The molecule has 1 N–H and O–H groups in total. The maximum absolute atomic E-state index is 12.5. The summed E-state index contributed by atoms with van der Waals surface area (Å²) in [4.78, 5) is 24.2. The number of hydrogen-bond acceptors (Lipinski definition) is 8. The van der Waals surface area contributed by atoms with Crippen LogP contribution < -0.4 is 19.7 Å². The number of aromatic nitrogens is 4. The highest BCUT2D eigenvalue weighted by molar-refractivity contribution is 7.98. The number of nitrogens with one attached hydrogen (secondary N) is 1. The molecule has 156 valence electrons. The Kier molecular flexibility index (Phi) is 5.07. The van der Waals surface area contributed by atoms with E-state index in [1.165, 1.54) is 24.6 Å². The summed E-state index contributed by atoms with van der Waals surface area (Å²) in [5.74, 6) is 2.04. The van der Waals surface area contributed by atoms with Gasteiger partial charge in [-0.1, -0.05) is 11.8 Å². The van der Waals surface area contributed by atoms with Gasteiger partial charge in [0.25, 0.3) is 5.91 Å². The van der Waals surface area contributed by atoms with Crippen molar-refractivity contribution in [3.05, 3.63) is 30.0 Å². The van der Waals surface area contributed by atoms with E-state index in [-0.39, 0.29) is 12.7 Å². The Hall–Kier alpha value is -3.01. The monoisotopic (exact) mass is 426 g/mol. The lowest BCUT2D eigenvalue weighted by molar-refractivity contribution is 0.0951. The summed E-state index contributed by atoms with van der Waals surface area (Å²) in [6, 6.07) is 5.17. The molecule has 0 atom stereocenters. The molecule has 0 saturated carbocycles. The Bertz CT molecular complexity index is 1100. The summed E-state index contributed by atoms with van der Waals surface area (Å²) < 4.78 is 12.5. The molecule has 0 unspecified atom stereocenters. The minimum atomic E-state index is -0.165. The third-order valence-corrected chi connectivity index (χ3v) is 5.84. The fraction of sp³-hybridized carbons (Fsp3) is 0.400. The highest BCUT2D eigenvalue weighted by Crippen LogP contribution is 2.32. The molecule has 10 heteroatoms. The predicted octanol–water partition coefficient (Wildman–Crippen LogP) is 2.31. The van der Waals surface area contributed by atoms with E-state index >= 15 is 0 Å². The second kappa shape index (κ2) is 8.02. The molecule has 1 amide bonds. The number of benzene rings is 1. The lowest BCUT2D eigenvalue weighted by Crippen LogP contribution is -2.27. The average Bonchev–Trinajstić information content (AvgIpc) is 3.53. The number of nitrogens with zero attached hydrogens (tertiary/aromatic N) is 5. The fourth-order valence-corrected chi connectivity index (χ4v) is 4.12. The molecule has 2 aliphatic rings. The van der Waals surface area contributed by atoms with Crippen LogP contribution in [0.1, 0.15) is 23.2 Å². The highest BCUT2D eigenvalue weighted by atomic mass is 32.2. The molecule has 4 heterocycles. The number of thioether (sulfide) groups is 1. The Labute approximate surface area is 177 Å². The van der Waals surface area contributed by atoms with Gasteiger partial charge in [0.2, 0.25) is 6.79 Å². The summed E-state index contributed by atoms with van der Waals surface area (Å²) in [6.07, 6.45) is 6.16. The first-order chi connectivity index (χ1) is 14.7. The number of hydrogen-bond donors (Lipinski definition) is 1. The summed E-state index contributed by atoms with van der Waals surface area (Å²) in [6.45, 7) is 3.16. The van der Waals surface area contributed by atoms with Crippen LogP contribution in [-0.2, 0) is 6.54 Å². The van der Waals surface area contributed by atoms with Gasteiger partial charge in [-0.3, -0.25) is 4.79 Å². The van der Waals surface area contributed by atoms with Crippen molar-refractivity contribution >= 4 is 34.5 Å². The molecule has 1 fully saturated rings. The summed E-state index contributed by atoms with van der Waals surface area (Å²) >= 11 is 1.52. The van der Waals surface area contributed by atoms with Crippen molar-refractivity contribution in [2.45, 2.75) is 24.5 Å². The number of rotatable bonds is 6. The largest absolute Gasteiger partial charge is 0.454 e. The van der Waals surface area contributed by atoms with E-state index in [1.54, 1.807) is 18.2 Å². The van der Waals surface area contributed by atoms with Crippen LogP contribution in [0.15, 0.2) is 29.6 Å². The lowest BCUT2D eigenvalue weighted by Gasteiger charge is -2.17. The fourth-order valence-electron chi connectivity index (χ4n) is 3.76. The molecule has 0 bridgehead atoms. The highest BCUT2D eigenvalue weighted by Gasteiger charge is 2.21. The third-order valence-electron chi connectivity index (χ3n) is 5.29. The van der Waals surface area contributed by atoms with Crippen molar-refractivity contribution < 1.29 is 14.3 Å². The molecule has 3 aromatic rings. The van der Waals surface area contributed by atoms with Gasteiger partial charge in [-0.2, -0.15) is 5.10 Å². The normalized spacial score (nSPS) is 15.2. The molecular weight excluding hydrogens is 404 g/mol. The second-order valence-corrected chi connectivity index (χ2v) is 7.93. The standard InChI is InChI=1S/C20H22N6O3S/c1-30-20-23-17(25-7-2-3-8-25)14-11-22-26(18(14)24-20)9-6-21-19(27)13-4-5-15-16(10-13)29-12-28-15/h4-5,10-11H,2-3,6-9,12H2,1H3,(H,21,27). The van der Waals surface area contributed by atoms with E-state index in [4.69, 9.17) is 14.5 Å². The van der Waals surface area contributed by atoms with Crippen LogP contribution in [0.4, 0.5) is 5.82 Å². The maximum atomic E-state index is 12.5. The summed E-state index contributed by atoms with van der Waals surface area (Å²) in [7, 11) is 0. The van der Waals surface area contributed by atoms with Crippen LogP contribution in [0.5, 0.6) is 11.5 Å². The van der Waals surface area contributed by atoms with Crippen LogP contribution in [0.3, 0.4) is 0 Å². The molecule has 0 spiro atoms. The zero-order valence-corrected chi connectivity index (χ0v) is 17.4. The smallest absolute Gasteiger partial charge is 0.251 e. The van der Waals surface area contributed by atoms with Crippen LogP contribution in [-0.4, -0.2) is 58.3 Å². The van der Waals surface area contributed by atoms with Crippen LogP contribution in [0.2, 0.25) is 0 Å². The molecule has 2 aliphatic heterocycles. The number of anilines is 1. The minimum Gasteiger partial charge on any atom is -0.454 e. The Morgan fingerprint density at radius 3 is 2.87 bits per heavy atom. The number of amides is 1. The number of ether oxygens (including phenoxy) is 2. The van der Waals surface area contributed by atoms with Crippen molar-refractivity contribution in [1.82, 2.24) is 25.1 Å². The molecule has 1 saturated heterocycles. The zero-order valence-electron chi connectivity index (χ0n) is 16.6. The van der Waals surface area contributed by atoms with Crippen molar-refractivity contribution in [2.75, 3.05) is 37.6 Å². The van der Waals surface area contributed by atoms with E-state index < -0.39 is 0 Å². The second-order valence-electron chi connectivity index (χ2n) is 7.16. The molecule has 1 aromatic carbocycles. The third kappa shape index (κ3) is 3.51. The van der Waals surface area contributed by atoms with E-state index in [9.17, 15) is 4.79 Å². The first-order valence-electron chi connectivity index (χ1n) is 9.93. The van der Waals surface area contributed by atoms with Crippen molar-refractivity contribution in [3.8, 4) is 11.5 Å².